The first kappa shape index (κ1) is 84.1. The van der Waals surface area contributed by atoms with Crippen LogP contribution in [0.15, 0.2) is 0 Å². The average Bonchev–Trinajstić information content (AvgIpc) is 0.779. The van der Waals surface area contributed by atoms with Crippen molar-refractivity contribution in [2.45, 2.75) is 269 Å². The lowest BCUT2D eigenvalue weighted by molar-refractivity contribution is -0.323. The summed E-state index contributed by atoms with van der Waals surface area (Å²) >= 11 is 6.18. The summed E-state index contributed by atoms with van der Waals surface area (Å²) in [7, 11) is 0. The maximum Gasteiger partial charge on any atom is 0.187 e. The lowest BCUT2D eigenvalue weighted by Gasteiger charge is -2.50. The summed E-state index contributed by atoms with van der Waals surface area (Å²) in [5.74, 6) is 0. The molecule has 45 atom stereocenters. The molecule has 584 valence electrons. The van der Waals surface area contributed by atoms with Crippen molar-refractivity contribution in [3.05, 3.63) is 0 Å². The highest BCUT2D eigenvalue weighted by molar-refractivity contribution is 8.01. The molecule has 0 saturated carbocycles. The maximum absolute atomic E-state index is 11.6. The lowest BCUT2D eigenvalue weighted by Crippen LogP contribution is -2.66. The molecule has 41 nitrogen and oxygen atoms in total. The molecule has 9 fully saturated rings. The van der Waals surface area contributed by atoms with E-state index < -0.39 is 328 Å². The molecular weight excluding hydrogens is 1460 g/mol. The van der Waals surface area contributed by atoms with Gasteiger partial charge in [-0.25, -0.2) is 0 Å². The van der Waals surface area contributed by atoms with Gasteiger partial charge in [0.25, 0.3) is 0 Å². The van der Waals surface area contributed by atoms with Crippen LogP contribution >= 0.6 is 59.7 Å². The van der Waals surface area contributed by atoms with E-state index in [4.69, 9.17) is 61.6 Å². The van der Waals surface area contributed by atoms with Crippen LogP contribution in [0, 0.1) is 0 Å². The van der Waals surface area contributed by atoms with Crippen LogP contribution < -0.4 is 0 Å². The number of thioether (sulfide) groups is 4. The van der Waals surface area contributed by atoms with Crippen molar-refractivity contribution in [3.8, 4) is 0 Å². The fourth-order valence-electron chi connectivity index (χ4n) is 13.0. The van der Waals surface area contributed by atoms with Gasteiger partial charge in [0, 0.05) is 0 Å². The Bertz CT molecular complexity index is 2460. The van der Waals surface area contributed by atoms with E-state index in [9.17, 15) is 143 Å². The minimum atomic E-state index is -2.15. The average molecular weight is 1560 g/mol. The van der Waals surface area contributed by atoms with Crippen molar-refractivity contribution in [2.24, 2.45) is 0 Å². The van der Waals surface area contributed by atoms with Crippen molar-refractivity contribution < 1.29 is 205 Å². The highest BCUT2D eigenvalue weighted by Gasteiger charge is 2.60. The molecule has 9 heterocycles. The Labute approximate surface area is 589 Å². The molecule has 0 aliphatic carbocycles. The van der Waals surface area contributed by atoms with Gasteiger partial charge in [-0.15, -0.1) is 47.0 Å². The van der Waals surface area contributed by atoms with Crippen LogP contribution in [0.25, 0.3) is 0 Å². The Morgan fingerprint density at radius 1 is 0.220 bits per heavy atom. The zero-order valence-electron chi connectivity index (χ0n) is 52.3. The Morgan fingerprint density at radius 2 is 0.430 bits per heavy atom. The van der Waals surface area contributed by atoms with Gasteiger partial charge in [-0.2, -0.15) is 12.6 Å². The molecule has 0 amide bonds. The smallest absolute Gasteiger partial charge is 0.187 e. The highest BCUT2D eigenvalue weighted by Crippen LogP contribution is 2.46. The predicted molar refractivity (Wildman–Crippen MR) is 330 cm³/mol. The molecule has 9 aliphatic heterocycles. The first-order valence-corrected chi connectivity index (χ1v) is 36.0. The molecule has 28 N–H and O–H groups in total. The van der Waals surface area contributed by atoms with Gasteiger partial charge in [0.1, 0.15) is 150 Å². The SMILES string of the molecule is OC[C@H]1O[C@@H](O[C@H]2[C@H](O)[C@@H](O)[C@H](S[C@H]3[C@H](O)[C@@H](O)[C@H](O[C@H]4[C@H](O)[C@@H](O)[C@H](S[C@H]5[C@H](O)[C@@H](O)[C@H](O[C@H]6[C@H](O)[C@@H](O)[C@H](S[C@H]7[C@H](O)[C@@H](O)[C@H](O[C@H]8[C@H](O)[C@@H](O)[C@H](S[C@H]9[C@H](O)[C@@H](O)[C@H](O)O[C@@H]9CO)O[C@@H]8CO)O[C@@H]7CO)O[C@@H]6CO)O[C@@H]5CO)O[C@@H]4CO)O[C@@H]3CO)O[C@@H]2CO)[C@H](O)[C@@H](O)[C@@H]1S. The number of rotatable bonds is 25. The van der Waals surface area contributed by atoms with E-state index in [2.05, 4.69) is 12.6 Å². The van der Waals surface area contributed by atoms with E-state index in [-0.39, 0.29) is 0 Å². The van der Waals surface area contributed by atoms with Gasteiger partial charge in [-0.1, -0.05) is 0 Å². The van der Waals surface area contributed by atoms with E-state index in [0.717, 1.165) is 0 Å². The first-order valence-electron chi connectivity index (χ1n) is 31.7. The summed E-state index contributed by atoms with van der Waals surface area (Å²) in [6.45, 7) is -8.15. The summed E-state index contributed by atoms with van der Waals surface area (Å²) in [6.07, 6.45) is -65.6. The molecular formula is C54H92O41S5. The van der Waals surface area contributed by atoms with Crippen LogP contribution in [0.1, 0.15) is 0 Å². The second kappa shape index (κ2) is 36.8. The number of ether oxygens (including phenoxy) is 13. The molecule has 9 aliphatic rings. The van der Waals surface area contributed by atoms with Gasteiger partial charge in [0.15, 0.2) is 31.5 Å². The minimum Gasteiger partial charge on any atom is -0.394 e. The van der Waals surface area contributed by atoms with Crippen molar-refractivity contribution in [1.82, 2.24) is 0 Å². The number of hydrogen-bond acceptors (Lipinski definition) is 46. The lowest BCUT2D eigenvalue weighted by atomic mass is 9.98. The fraction of sp³-hybridized carbons (Fsp3) is 1.00. The molecule has 0 spiro atoms. The van der Waals surface area contributed by atoms with E-state index in [0.29, 0.717) is 47.0 Å². The van der Waals surface area contributed by atoms with Crippen LogP contribution in [0.5, 0.6) is 0 Å². The predicted octanol–water partition coefficient (Wildman–Crippen LogP) is -16.8. The quantitative estimate of drug-likeness (QED) is 0.0377. The molecule has 0 bridgehead atoms. The topological polar surface area (TPSA) is 686 Å². The van der Waals surface area contributed by atoms with E-state index in [1.165, 1.54) is 0 Å². The zero-order chi connectivity index (χ0) is 73.4. The third-order valence-corrected chi connectivity index (χ3v) is 25.6. The van der Waals surface area contributed by atoms with Gasteiger partial charge in [0.2, 0.25) is 0 Å². The first-order chi connectivity index (χ1) is 47.5. The van der Waals surface area contributed by atoms with Gasteiger partial charge < -0.3 is 205 Å². The van der Waals surface area contributed by atoms with Crippen molar-refractivity contribution in [2.75, 3.05) is 59.5 Å². The molecule has 100 heavy (non-hydrogen) atoms. The second-order valence-electron chi connectivity index (χ2n) is 25.2. The monoisotopic (exact) mass is 1560 g/mol. The molecule has 9 rings (SSSR count). The van der Waals surface area contributed by atoms with Crippen LogP contribution in [0.3, 0.4) is 0 Å². The zero-order valence-corrected chi connectivity index (χ0v) is 56.4. The third kappa shape index (κ3) is 17.5. The van der Waals surface area contributed by atoms with Gasteiger partial charge in [-0.05, 0) is 0 Å². The van der Waals surface area contributed by atoms with Crippen molar-refractivity contribution >= 4 is 59.7 Å². The number of thiol groups is 1. The Morgan fingerprint density at radius 3 is 0.670 bits per heavy atom. The van der Waals surface area contributed by atoms with Gasteiger partial charge in [0.05, 0.1) is 147 Å². The highest BCUT2D eigenvalue weighted by atomic mass is 32.2. The molecule has 0 aromatic carbocycles. The van der Waals surface area contributed by atoms with Crippen molar-refractivity contribution in [1.29, 1.82) is 0 Å². The van der Waals surface area contributed by atoms with Gasteiger partial charge in [-0.3, -0.25) is 0 Å². The van der Waals surface area contributed by atoms with Crippen LogP contribution in [-0.4, -0.2) is 471 Å². The summed E-state index contributed by atoms with van der Waals surface area (Å²) in [6, 6.07) is 0. The summed E-state index contributed by atoms with van der Waals surface area (Å²) in [4.78, 5) is 0. The normalized spacial score (nSPS) is 53.7. The van der Waals surface area contributed by atoms with E-state index in [1.807, 2.05) is 0 Å². The summed E-state index contributed by atoms with van der Waals surface area (Å²) < 4.78 is 74.4. The van der Waals surface area contributed by atoms with E-state index >= 15 is 0 Å². The van der Waals surface area contributed by atoms with Crippen LogP contribution in [-0.2, 0) is 61.6 Å². The summed E-state index contributed by atoms with van der Waals surface area (Å²) in [5.41, 5.74) is -6.46. The number of aliphatic hydroxyl groups is 28. The maximum atomic E-state index is 11.6. The molecule has 9 saturated heterocycles. The molecule has 0 unspecified atom stereocenters. The Balaban J connectivity index is 0.771. The number of aliphatic hydroxyl groups excluding tert-OH is 28. The molecule has 0 aromatic rings. The van der Waals surface area contributed by atoms with Gasteiger partial charge >= 0.3 is 0 Å². The summed E-state index contributed by atoms with van der Waals surface area (Å²) in [5, 5.41) is 297. The molecule has 0 radical (unpaired) electrons. The minimum absolute atomic E-state index is 0.471. The largest absolute Gasteiger partial charge is 0.394 e. The molecule has 0 aromatic heterocycles. The van der Waals surface area contributed by atoms with Crippen molar-refractivity contribution in [3.63, 3.8) is 0 Å². The van der Waals surface area contributed by atoms with Crippen LogP contribution in [0.4, 0.5) is 0 Å². The third-order valence-electron chi connectivity index (χ3n) is 18.8. The van der Waals surface area contributed by atoms with Crippen LogP contribution in [0.2, 0.25) is 0 Å². The Hall–Kier alpha value is 0.110. The fourth-order valence-corrected chi connectivity index (χ4v) is 19.3. The van der Waals surface area contributed by atoms with E-state index in [1.54, 1.807) is 0 Å². The Kier molecular flexibility index (Phi) is 30.9. The molecule has 46 heteroatoms. The second-order valence-corrected chi connectivity index (χ2v) is 30.9. The standard InChI is InChI=1S/C54H92O41S5/c55-1-10-37(92-47-29(74)23(68)41(96)14(5-59)84-47)19(64)34(79)52(89-10)98-43-16(7-61)86-49(31(76)25(43)70)94-39-12(3-57)91-54(36(81)21(39)66)100-45-18(9-63)87-50(32(77)27(45)72)95-40-13(4-58)90-53(35(80)22(40)67)99-44-17(8-62)85-48(30(75)26(44)71)93-38-11(2-56)88-51(33(78)20(38)65)97-42-15(6-60)83-46(82)28(73)24(42)69/h10-82,96H,1-9H2/t10-,11-,12-,13-,14-,15-,16-,17-,18-,19-,20-,21-,22-,23-,24-,25-,26-,27-,28-,29-,30-,31-,32-,33-,34-,35-,36-,37-,38-,39-,40-,41-,42-,43-,44-,45-,46-,47+,48+,49+,50+,51+,52+,53+,54+/m1/s1. The number of hydrogen-bond donors (Lipinski definition) is 29.